The zero-order chi connectivity index (χ0) is 28.4. The van der Waals surface area contributed by atoms with Crippen LogP contribution in [0, 0.1) is 23.7 Å². The minimum absolute atomic E-state index is 0.0733. The van der Waals surface area contributed by atoms with E-state index in [0.29, 0.717) is 12.5 Å². The number of amides is 1. The van der Waals surface area contributed by atoms with Gasteiger partial charge in [0.25, 0.3) is 0 Å². The van der Waals surface area contributed by atoms with E-state index in [9.17, 15) is 4.79 Å². The van der Waals surface area contributed by atoms with E-state index in [-0.39, 0.29) is 17.9 Å². The van der Waals surface area contributed by atoms with Crippen molar-refractivity contribution in [2.45, 2.75) is 162 Å². The third-order valence-electron chi connectivity index (χ3n) is 8.33. The van der Waals surface area contributed by atoms with Crippen molar-refractivity contribution in [1.82, 2.24) is 10.2 Å². The summed E-state index contributed by atoms with van der Waals surface area (Å²) in [6.45, 7) is 13.0. The summed E-state index contributed by atoms with van der Waals surface area (Å²) in [7, 11) is 0. The Morgan fingerprint density at radius 2 is 1.28 bits per heavy atom. The molecule has 1 heterocycles. The first-order valence-corrected chi connectivity index (χ1v) is 17.2. The van der Waals surface area contributed by atoms with E-state index in [2.05, 4.69) is 49.8 Å². The molecule has 39 heavy (non-hydrogen) atoms. The normalized spacial score (nSPS) is 17.4. The molecular formula is C35H66N2O2. The maximum atomic E-state index is 13.1. The Hall–Kier alpha value is -1.05. The number of unbranched alkanes of at least 4 members (excludes halogenated alkanes) is 12. The highest BCUT2D eigenvalue weighted by Gasteiger charge is 2.23. The second-order valence-electron chi connectivity index (χ2n) is 12.1. The zero-order valence-electron chi connectivity index (χ0n) is 26.7. The third kappa shape index (κ3) is 19.6. The van der Waals surface area contributed by atoms with Gasteiger partial charge in [0.1, 0.15) is 0 Å². The Labute approximate surface area is 244 Å². The van der Waals surface area contributed by atoms with Gasteiger partial charge in [-0.3, -0.25) is 9.69 Å². The molecule has 1 saturated heterocycles. The van der Waals surface area contributed by atoms with Crippen LogP contribution in [0.25, 0.3) is 0 Å². The lowest BCUT2D eigenvalue weighted by Crippen LogP contribution is -2.48. The van der Waals surface area contributed by atoms with E-state index < -0.39 is 0 Å². The van der Waals surface area contributed by atoms with Crippen LogP contribution in [0.3, 0.4) is 0 Å². The molecule has 1 aliphatic rings. The van der Waals surface area contributed by atoms with Gasteiger partial charge in [-0.2, -0.15) is 0 Å². The fourth-order valence-electron chi connectivity index (χ4n) is 5.67. The van der Waals surface area contributed by atoms with Gasteiger partial charge in [0.2, 0.25) is 5.91 Å². The molecule has 228 valence electrons. The standard InChI is InChI=1S/C35H66N2O2/c1-5-9-13-16-20-26-33(25-19-15-11-7-3)35(38)36-30-34-31-37(28-29-39-34)27-21-24-32(22-17-12-8-4)23-18-14-10-6-2/h32-34H,5-20,22-23,25-31H2,1-4H3,(H,36,38)/t32?,33?,34-/m0/s1. The van der Waals surface area contributed by atoms with Gasteiger partial charge in [0.15, 0.2) is 0 Å². The molecule has 0 radical (unpaired) electrons. The summed E-state index contributed by atoms with van der Waals surface area (Å²) in [5.74, 6) is 8.14. The Bertz CT molecular complexity index is 626. The number of hydrogen-bond donors (Lipinski definition) is 1. The van der Waals surface area contributed by atoms with E-state index in [1.807, 2.05) is 0 Å². The summed E-state index contributed by atoms with van der Waals surface area (Å²) in [4.78, 5) is 15.6. The van der Waals surface area contributed by atoms with Crippen LogP contribution in [0.4, 0.5) is 0 Å². The topological polar surface area (TPSA) is 41.6 Å². The highest BCUT2D eigenvalue weighted by molar-refractivity contribution is 5.78. The smallest absolute Gasteiger partial charge is 0.223 e. The van der Waals surface area contributed by atoms with Gasteiger partial charge in [-0.15, -0.1) is 0 Å². The molecule has 1 rings (SSSR count). The first kappa shape index (κ1) is 36.0. The monoisotopic (exact) mass is 547 g/mol. The molecule has 0 aromatic heterocycles. The molecule has 0 bridgehead atoms. The lowest BCUT2D eigenvalue weighted by molar-refractivity contribution is -0.126. The second-order valence-corrected chi connectivity index (χ2v) is 12.1. The molecule has 4 heteroatoms. The number of nitrogens with one attached hydrogen (secondary N) is 1. The van der Waals surface area contributed by atoms with Gasteiger partial charge in [0, 0.05) is 31.5 Å². The van der Waals surface area contributed by atoms with Crippen molar-refractivity contribution in [3.8, 4) is 11.8 Å². The highest BCUT2D eigenvalue weighted by Crippen LogP contribution is 2.20. The number of nitrogens with zero attached hydrogens (tertiary/aromatic N) is 1. The summed E-state index contributed by atoms with van der Waals surface area (Å²) in [6.07, 6.45) is 25.1. The molecule has 0 spiro atoms. The lowest BCUT2D eigenvalue weighted by atomic mass is 9.93. The third-order valence-corrected chi connectivity index (χ3v) is 8.33. The van der Waals surface area contributed by atoms with Crippen LogP contribution in [0.5, 0.6) is 0 Å². The van der Waals surface area contributed by atoms with E-state index in [0.717, 1.165) is 39.1 Å². The first-order chi connectivity index (χ1) is 19.1. The molecule has 0 aromatic rings. The van der Waals surface area contributed by atoms with Gasteiger partial charge >= 0.3 is 0 Å². The summed E-state index contributed by atoms with van der Waals surface area (Å²) in [6, 6.07) is 0. The van der Waals surface area contributed by atoms with Crippen LogP contribution in [-0.2, 0) is 9.53 Å². The molecule has 1 fully saturated rings. The molecule has 0 aromatic carbocycles. The van der Waals surface area contributed by atoms with Crippen LogP contribution in [0.2, 0.25) is 0 Å². The maximum absolute atomic E-state index is 13.1. The summed E-state index contributed by atoms with van der Waals surface area (Å²) in [5.41, 5.74) is 0. The molecule has 1 N–H and O–H groups in total. The fourth-order valence-corrected chi connectivity index (χ4v) is 5.67. The summed E-state index contributed by atoms with van der Waals surface area (Å²) < 4.78 is 6.04. The molecule has 1 aliphatic heterocycles. The molecule has 3 atom stereocenters. The molecule has 0 aliphatic carbocycles. The summed E-state index contributed by atoms with van der Waals surface area (Å²) >= 11 is 0. The van der Waals surface area contributed by atoms with E-state index in [1.165, 1.54) is 116 Å². The van der Waals surface area contributed by atoms with Crippen LogP contribution in [0.15, 0.2) is 0 Å². The van der Waals surface area contributed by atoms with Crippen molar-refractivity contribution in [1.29, 1.82) is 0 Å². The van der Waals surface area contributed by atoms with Gasteiger partial charge < -0.3 is 10.1 Å². The largest absolute Gasteiger partial charge is 0.374 e. The molecule has 2 unspecified atom stereocenters. The van der Waals surface area contributed by atoms with Gasteiger partial charge in [-0.1, -0.05) is 142 Å². The number of ether oxygens (including phenoxy) is 1. The molecular weight excluding hydrogens is 480 g/mol. The number of rotatable bonds is 24. The Kier molecular flexibility index (Phi) is 23.9. The second kappa shape index (κ2) is 25.9. The van der Waals surface area contributed by atoms with E-state index in [1.54, 1.807) is 0 Å². The Morgan fingerprint density at radius 1 is 0.769 bits per heavy atom. The van der Waals surface area contributed by atoms with Crippen LogP contribution < -0.4 is 5.32 Å². The van der Waals surface area contributed by atoms with Crippen molar-refractivity contribution >= 4 is 5.91 Å². The Balaban J connectivity index is 2.49. The predicted molar refractivity (Wildman–Crippen MR) is 169 cm³/mol. The molecule has 1 amide bonds. The van der Waals surface area contributed by atoms with Crippen molar-refractivity contribution in [2.24, 2.45) is 11.8 Å². The first-order valence-electron chi connectivity index (χ1n) is 17.2. The minimum Gasteiger partial charge on any atom is -0.374 e. The average Bonchev–Trinajstić information content (AvgIpc) is 2.95. The molecule has 0 saturated carbocycles. The lowest BCUT2D eigenvalue weighted by Gasteiger charge is -2.32. The van der Waals surface area contributed by atoms with Gasteiger partial charge in [0.05, 0.1) is 19.3 Å². The van der Waals surface area contributed by atoms with Gasteiger partial charge in [-0.25, -0.2) is 0 Å². The van der Waals surface area contributed by atoms with Crippen LogP contribution in [-0.4, -0.2) is 49.7 Å². The van der Waals surface area contributed by atoms with Crippen molar-refractivity contribution in [2.75, 3.05) is 32.8 Å². The van der Waals surface area contributed by atoms with Crippen molar-refractivity contribution in [3.63, 3.8) is 0 Å². The molecule has 4 nitrogen and oxygen atoms in total. The van der Waals surface area contributed by atoms with E-state index >= 15 is 0 Å². The van der Waals surface area contributed by atoms with Gasteiger partial charge in [-0.05, 0) is 25.7 Å². The fraction of sp³-hybridized carbons (Fsp3) is 0.914. The number of hydrogen-bond acceptors (Lipinski definition) is 3. The number of carbonyl (C=O) groups excluding carboxylic acids is 1. The predicted octanol–water partition coefficient (Wildman–Crippen LogP) is 8.92. The average molecular weight is 547 g/mol. The Morgan fingerprint density at radius 3 is 1.90 bits per heavy atom. The number of carbonyl (C=O) groups is 1. The maximum Gasteiger partial charge on any atom is 0.223 e. The quantitative estimate of drug-likeness (QED) is 0.0970. The minimum atomic E-state index is 0.0733. The van der Waals surface area contributed by atoms with Crippen LogP contribution in [0.1, 0.15) is 156 Å². The van der Waals surface area contributed by atoms with Crippen LogP contribution >= 0.6 is 0 Å². The van der Waals surface area contributed by atoms with E-state index in [4.69, 9.17) is 4.74 Å². The number of morpholine rings is 1. The summed E-state index contributed by atoms with van der Waals surface area (Å²) in [5, 5.41) is 3.28. The zero-order valence-corrected chi connectivity index (χ0v) is 26.7. The van der Waals surface area contributed by atoms with Crippen molar-refractivity contribution < 1.29 is 9.53 Å². The SMILES string of the molecule is CCCCCCCC(CCCCCC)C(=O)NC[C@H]1CN(CC#CC(CCCCC)CCCCCC)CCO1. The van der Waals surface area contributed by atoms with Crippen molar-refractivity contribution in [3.05, 3.63) is 0 Å². The highest BCUT2D eigenvalue weighted by atomic mass is 16.5.